The Balaban J connectivity index is 2.03. The van der Waals surface area contributed by atoms with Gasteiger partial charge in [0.1, 0.15) is 0 Å². The smallest absolute Gasteiger partial charge is 0.305 e. The van der Waals surface area contributed by atoms with Crippen molar-refractivity contribution in [3.8, 4) is 0 Å². The van der Waals surface area contributed by atoms with Crippen molar-refractivity contribution in [1.82, 2.24) is 4.90 Å². The standard InChI is InChI=1S/C17H21F2NO3/c18-14-6-5-13(9-15(14)19)11-20(8-7-17(22)23)16(21)10-12-3-1-2-4-12/h5-6,9,12H,1-4,7-8,10-11H2,(H,22,23). The van der Waals surface area contributed by atoms with Crippen LogP contribution in [-0.2, 0) is 16.1 Å². The van der Waals surface area contributed by atoms with Crippen molar-refractivity contribution in [2.75, 3.05) is 6.54 Å². The van der Waals surface area contributed by atoms with Crippen LogP contribution >= 0.6 is 0 Å². The van der Waals surface area contributed by atoms with E-state index >= 15 is 0 Å². The average molecular weight is 325 g/mol. The number of rotatable bonds is 7. The summed E-state index contributed by atoms with van der Waals surface area (Å²) in [5.74, 6) is -2.68. The molecule has 1 amide bonds. The maximum absolute atomic E-state index is 13.3. The molecule has 0 radical (unpaired) electrons. The number of amides is 1. The van der Waals surface area contributed by atoms with Crippen LogP contribution in [0, 0.1) is 17.6 Å². The first-order valence-corrected chi connectivity index (χ1v) is 7.89. The summed E-state index contributed by atoms with van der Waals surface area (Å²) in [5, 5.41) is 8.83. The first kappa shape index (κ1) is 17.4. The minimum absolute atomic E-state index is 0.0693. The number of carboxylic acid groups (broad SMARTS) is 1. The Kier molecular flexibility index (Phi) is 6.07. The molecular weight excluding hydrogens is 304 g/mol. The second kappa shape index (κ2) is 8.04. The van der Waals surface area contributed by atoms with Crippen LogP contribution < -0.4 is 0 Å². The fraction of sp³-hybridized carbons (Fsp3) is 0.529. The number of nitrogens with zero attached hydrogens (tertiary/aromatic N) is 1. The summed E-state index contributed by atoms with van der Waals surface area (Å²) < 4.78 is 26.3. The van der Waals surface area contributed by atoms with Gasteiger partial charge in [-0.2, -0.15) is 0 Å². The quantitative estimate of drug-likeness (QED) is 0.836. The van der Waals surface area contributed by atoms with Crippen molar-refractivity contribution in [2.45, 2.75) is 45.1 Å². The van der Waals surface area contributed by atoms with Crippen LogP contribution in [0.15, 0.2) is 18.2 Å². The molecule has 0 aliphatic heterocycles. The van der Waals surface area contributed by atoms with Gasteiger partial charge in [-0.1, -0.05) is 18.9 Å². The molecule has 0 atom stereocenters. The Labute approximate surface area is 134 Å². The van der Waals surface area contributed by atoms with E-state index in [4.69, 9.17) is 5.11 Å². The van der Waals surface area contributed by atoms with E-state index in [1.807, 2.05) is 0 Å². The van der Waals surface area contributed by atoms with Crippen LogP contribution in [0.1, 0.15) is 44.1 Å². The third-order valence-electron chi connectivity index (χ3n) is 4.24. The SMILES string of the molecule is O=C(O)CCN(Cc1ccc(F)c(F)c1)C(=O)CC1CCCC1. The molecule has 0 aromatic heterocycles. The van der Waals surface area contributed by atoms with Crippen molar-refractivity contribution in [3.05, 3.63) is 35.4 Å². The minimum atomic E-state index is -0.992. The molecule has 4 nitrogen and oxygen atoms in total. The van der Waals surface area contributed by atoms with Gasteiger partial charge in [-0.3, -0.25) is 9.59 Å². The second-order valence-corrected chi connectivity index (χ2v) is 6.06. The zero-order valence-electron chi connectivity index (χ0n) is 12.9. The van der Waals surface area contributed by atoms with Gasteiger partial charge in [0.2, 0.25) is 5.91 Å². The summed E-state index contributed by atoms with van der Waals surface area (Å²) in [6.07, 6.45) is 4.50. The normalized spacial score (nSPS) is 14.9. The molecule has 1 aliphatic carbocycles. The Hall–Kier alpha value is -1.98. The molecule has 0 heterocycles. The molecule has 1 aliphatic rings. The van der Waals surface area contributed by atoms with Crippen molar-refractivity contribution in [1.29, 1.82) is 0 Å². The van der Waals surface area contributed by atoms with Crippen molar-refractivity contribution in [2.24, 2.45) is 5.92 Å². The van der Waals surface area contributed by atoms with Crippen LogP contribution in [0.5, 0.6) is 0 Å². The zero-order chi connectivity index (χ0) is 16.8. The van der Waals surface area contributed by atoms with Gasteiger partial charge in [0, 0.05) is 19.5 Å². The van der Waals surface area contributed by atoms with Gasteiger partial charge in [0.15, 0.2) is 11.6 Å². The summed E-state index contributed by atoms with van der Waals surface area (Å²) in [7, 11) is 0. The largest absolute Gasteiger partial charge is 0.481 e. The Morgan fingerprint density at radius 1 is 1.17 bits per heavy atom. The lowest BCUT2D eigenvalue weighted by Gasteiger charge is -2.24. The molecule has 1 aromatic carbocycles. The molecule has 1 saturated carbocycles. The fourth-order valence-corrected chi connectivity index (χ4v) is 2.97. The minimum Gasteiger partial charge on any atom is -0.481 e. The van der Waals surface area contributed by atoms with Gasteiger partial charge in [-0.25, -0.2) is 8.78 Å². The van der Waals surface area contributed by atoms with Crippen LogP contribution in [-0.4, -0.2) is 28.4 Å². The van der Waals surface area contributed by atoms with Gasteiger partial charge in [0.05, 0.1) is 6.42 Å². The van der Waals surface area contributed by atoms with E-state index in [1.54, 1.807) is 0 Å². The van der Waals surface area contributed by atoms with E-state index in [9.17, 15) is 18.4 Å². The van der Waals surface area contributed by atoms with Crippen molar-refractivity contribution in [3.63, 3.8) is 0 Å². The molecule has 0 unspecified atom stereocenters. The molecule has 1 aromatic rings. The summed E-state index contributed by atoms with van der Waals surface area (Å²) in [5.41, 5.74) is 0.453. The highest BCUT2D eigenvalue weighted by molar-refractivity contribution is 5.77. The monoisotopic (exact) mass is 325 g/mol. The molecule has 2 rings (SSSR count). The predicted octanol–water partition coefficient (Wildman–Crippen LogP) is 3.35. The predicted molar refractivity (Wildman–Crippen MR) is 80.6 cm³/mol. The highest BCUT2D eigenvalue weighted by atomic mass is 19.2. The van der Waals surface area contributed by atoms with Crippen molar-refractivity contribution >= 4 is 11.9 Å². The van der Waals surface area contributed by atoms with Crippen LogP contribution in [0.25, 0.3) is 0 Å². The molecular formula is C17H21F2NO3. The maximum atomic E-state index is 13.3. The van der Waals surface area contributed by atoms with Crippen LogP contribution in [0.3, 0.4) is 0 Å². The van der Waals surface area contributed by atoms with Gasteiger partial charge in [0.25, 0.3) is 0 Å². The number of halogens is 2. The van der Waals surface area contributed by atoms with Gasteiger partial charge < -0.3 is 10.0 Å². The van der Waals surface area contributed by atoms with Crippen molar-refractivity contribution < 1.29 is 23.5 Å². The topological polar surface area (TPSA) is 57.6 Å². The third kappa shape index (κ3) is 5.30. The summed E-state index contributed by atoms with van der Waals surface area (Å²) in [4.78, 5) is 24.6. The molecule has 6 heteroatoms. The number of hydrogen-bond acceptors (Lipinski definition) is 2. The fourth-order valence-electron chi connectivity index (χ4n) is 2.97. The van der Waals surface area contributed by atoms with E-state index < -0.39 is 17.6 Å². The van der Waals surface area contributed by atoms with E-state index in [1.165, 1.54) is 11.0 Å². The highest BCUT2D eigenvalue weighted by Gasteiger charge is 2.23. The lowest BCUT2D eigenvalue weighted by molar-refractivity contribution is -0.139. The zero-order valence-corrected chi connectivity index (χ0v) is 12.9. The lowest BCUT2D eigenvalue weighted by Crippen LogP contribution is -2.33. The molecule has 0 saturated heterocycles. The van der Waals surface area contributed by atoms with Gasteiger partial charge >= 0.3 is 5.97 Å². The first-order valence-electron chi connectivity index (χ1n) is 7.89. The maximum Gasteiger partial charge on any atom is 0.305 e. The molecule has 126 valence electrons. The molecule has 0 bridgehead atoms. The average Bonchev–Trinajstić information content (AvgIpc) is 2.99. The van der Waals surface area contributed by atoms with Crippen LogP contribution in [0.4, 0.5) is 8.78 Å². The molecule has 0 spiro atoms. The Morgan fingerprint density at radius 2 is 1.87 bits per heavy atom. The Morgan fingerprint density at radius 3 is 2.48 bits per heavy atom. The number of aliphatic carboxylic acids is 1. The van der Waals surface area contributed by atoms with E-state index in [0.29, 0.717) is 17.9 Å². The molecule has 23 heavy (non-hydrogen) atoms. The van der Waals surface area contributed by atoms with Crippen LogP contribution in [0.2, 0.25) is 0 Å². The van der Waals surface area contributed by atoms with E-state index in [2.05, 4.69) is 0 Å². The highest BCUT2D eigenvalue weighted by Crippen LogP contribution is 2.28. The lowest BCUT2D eigenvalue weighted by atomic mass is 10.0. The number of benzene rings is 1. The number of carbonyl (C=O) groups excluding carboxylic acids is 1. The first-order chi connectivity index (χ1) is 11.0. The number of hydrogen-bond donors (Lipinski definition) is 1. The van der Waals surface area contributed by atoms with Gasteiger partial charge in [-0.05, 0) is 36.5 Å². The van der Waals surface area contributed by atoms with E-state index in [-0.39, 0.29) is 25.4 Å². The summed E-state index contributed by atoms with van der Waals surface area (Å²) in [6, 6.07) is 3.47. The molecule has 1 fully saturated rings. The third-order valence-corrected chi connectivity index (χ3v) is 4.24. The second-order valence-electron chi connectivity index (χ2n) is 6.06. The number of carbonyl (C=O) groups is 2. The molecule has 1 N–H and O–H groups in total. The summed E-state index contributed by atoms with van der Waals surface area (Å²) >= 11 is 0. The van der Waals surface area contributed by atoms with Gasteiger partial charge in [-0.15, -0.1) is 0 Å². The Bertz CT molecular complexity index is 571. The number of carboxylic acids is 1. The summed E-state index contributed by atoms with van der Waals surface area (Å²) in [6.45, 7) is 0.163. The van der Waals surface area contributed by atoms with E-state index in [0.717, 1.165) is 37.8 Å².